The molecular weight excluding hydrogens is 318 g/mol. The van der Waals surface area contributed by atoms with Gasteiger partial charge in [-0.1, -0.05) is 32.9 Å². The molecule has 22 heavy (non-hydrogen) atoms. The van der Waals surface area contributed by atoms with Crippen LogP contribution in [0.2, 0.25) is 0 Å². The highest BCUT2D eigenvalue weighted by Crippen LogP contribution is 2.23. The molecule has 1 aromatic heterocycles. The summed E-state index contributed by atoms with van der Waals surface area (Å²) in [6, 6.07) is 8.62. The number of benzene rings is 1. The molecule has 1 atom stereocenters. The summed E-state index contributed by atoms with van der Waals surface area (Å²) in [5.41, 5.74) is 1.77. The quantitative estimate of drug-likeness (QED) is 0.880. The third-order valence-corrected chi connectivity index (χ3v) is 5.57. The maximum atomic E-state index is 12.2. The van der Waals surface area contributed by atoms with E-state index in [4.69, 9.17) is 0 Å². The highest BCUT2D eigenvalue weighted by Gasteiger charge is 2.19. The number of hydrogen-bond acceptors (Lipinski definition) is 4. The van der Waals surface area contributed by atoms with E-state index in [1.165, 1.54) is 11.3 Å². The van der Waals surface area contributed by atoms with Crippen LogP contribution in [0.1, 0.15) is 38.0 Å². The summed E-state index contributed by atoms with van der Waals surface area (Å²) in [5, 5.41) is 13.6. The number of nitrogens with one attached hydrogen (secondary N) is 1. The highest BCUT2D eigenvalue weighted by molar-refractivity contribution is 7.89. The first-order chi connectivity index (χ1) is 10.2. The molecule has 0 fully saturated rings. The predicted molar refractivity (Wildman–Crippen MR) is 89.6 cm³/mol. The molecule has 2 aromatic rings. The van der Waals surface area contributed by atoms with Crippen molar-refractivity contribution in [1.82, 2.24) is 4.72 Å². The van der Waals surface area contributed by atoms with Gasteiger partial charge in [0.05, 0.1) is 11.0 Å². The summed E-state index contributed by atoms with van der Waals surface area (Å²) >= 11 is 1.46. The van der Waals surface area contributed by atoms with E-state index in [-0.39, 0.29) is 16.9 Å². The van der Waals surface area contributed by atoms with Gasteiger partial charge in [0, 0.05) is 6.54 Å². The number of aliphatic hydroxyl groups excluding tert-OH is 1. The summed E-state index contributed by atoms with van der Waals surface area (Å²) < 4.78 is 26.9. The lowest BCUT2D eigenvalue weighted by Gasteiger charge is -2.19. The van der Waals surface area contributed by atoms with E-state index in [9.17, 15) is 13.5 Å². The zero-order chi connectivity index (χ0) is 16.4. The first-order valence-electron chi connectivity index (χ1n) is 7.00. The van der Waals surface area contributed by atoms with Crippen molar-refractivity contribution in [3.8, 4) is 0 Å². The smallest absolute Gasteiger partial charge is 0.240 e. The number of thiophene rings is 1. The monoisotopic (exact) mass is 339 g/mol. The third kappa shape index (κ3) is 4.16. The van der Waals surface area contributed by atoms with Crippen molar-refractivity contribution in [3.05, 3.63) is 52.2 Å². The van der Waals surface area contributed by atoms with Gasteiger partial charge in [-0.05, 0) is 45.5 Å². The molecule has 0 saturated carbocycles. The van der Waals surface area contributed by atoms with Crippen molar-refractivity contribution in [2.45, 2.75) is 37.2 Å². The minimum atomic E-state index is -3.62. The van der Waals surface area contributed by atoms with Gasteiger partial charge in [0.15, 0.2) is 0 Å². The molecule has 2 rings (SSSR count). The van der Waals surface area contributed by atoms with E-state index in [1.54, 1.807) is 23.6 Å². The summed E-state index contributed by atoms with van der Waals surface area (Å²) in [5.74, 6) is 0. The van der Waals surface area contributed by atoms with Gasteiger partial charge >= 0.3 is 0 Å². The molecule has 1 heterocycles. The summed E-state index contributed by atoms with van der Waals surface area (Å²) in [7, 11) is -3.62. The van der Waals surface area contributed by atoms with Crippen molar-refractivity contribution in [2.24, 2.45) is 0 Å². The van der Waals surface area contributed by atoms with Crippen LogP contribution in [0.4, 0.5) is 0 Å². The molecule has 6 heteroatoms. The Kier molecular flexibility index (Phi) is 5.07. The fraction of sp³-hybridized carbons (Fsp3) is 0.375. The second kappa shape index (κ2) is 6.50. The lowest BCUT2D eigenvalue weighted by Crippen LogP contribution is -2.28. The number of hydrogen-bond donors (Lipinski definition) is 2. The molecular formula is C16H21NO3S2. The van der Waals surface area contributed by atoms with Crippen LogP contribution < -0.4 is 4.72 Å². The largest absolute Gasteiger partial charge is 0.387 e. The molecule has 0 saturated heterocycles. The van der Waals surface area contributed by atoms with Crippen molar-refractivity contribution in [1.29, 1.82) is 0 Å². The summed E-state index contributed by atoms with van der Waals surface area (Å²) in [6.45, 7) is 6.18. The van der Waals surface area contributed by atoms with E-state index in [0.29, 0.717) is 0 Å². The molecule has 4 nitrogen and oxygen atoms in total. The molecule has 1 unspecified atom stereocenters. The van der Waals surface area contributed by atoms with E-state index >= 15 is 0 Å². The lowest BCUT2D eigenvalue weighted by molar-refractivity contribution is 0.182. The van der Waals surface area contributed by atoms with Gasteiger partial charge in [-0.2, -0.15) is 11.3 Å². The van der Waals surface area contributed by atoms with Crippen LogP contribution >= 0.6 is 11.3 Å². The van der Waals surface area contributed by atoms with Crippen LogP contribution in [0, 0.1) is 0 Å². The van der Waals surface area contributed by atoms with Crippen LogP contribution in [0.3, 0.4) is 0 Å². The molecule has 0 spiro atoms. The predicted octanol–water partition coefficient (Wildman–Crippen LogP) is 3.06. The van der Waals surface area contributed by atoms with E-state index < -0.39 is 16.1 Å². The average Bonchev–Trinajstić information content (AvgIpc) is 2.98. The Morgan fingerprint density at radius 3 is 2.32 bits per heavy atom. The van der Waals surface area contributed by atoms with Crippen LogP contribution in [0.25, 0.3) is 0 Å². The van der Waals surface area contributed by atoms with Gasteiger partial charge in [0.2, 0.25) is 10.0 Å². The van der Waals surface area contributed by atoms with E-state index in [1.807, 2.05) is 17.5 Å². The van der Waals surface area contributed by atoms with Crippen molar-refractivity contribution >= 4 is 21.4 Å². The Hall–Kier alpha value is -1.21. The van der Waals surface area contributed by atoms with Gasteiger partial charge in [-0.25, -0.2) is 13.1 Å². The first kappa shape index (κ1) is 17.1. The van der Waals surface area contributed by atoms with Gasteiger partial charge in [0.25, 0.3) is 0 Å². The van der Waals surface area contributed by atoms with Gasteiger partial charge in [-0.3, -0.25) is 0 Å². The standard InChI is InChI=1S/C16H21NO3S2/c1-16(2,3)13-4-6-14(7-5-13)22(19,20)17-10-15(18)12-8-9-21-11-12/h4-9,11,15,17-18H,10H2,1-3H3. The Bertz CT molecular complexity index is 699. The molecule has 0 aliphatic rings. The summed E-state index contributed by atoms with van der Waals surface area (Å²) in [6.07, 6.45) is -0.838. The summed E-state index contributed by atoms with van der Waals surface area (Å²) in [4.78, 5) is 0.206. The molecule has 0 aliphatic carbocycles. The lowest BCUT2D eigenvalue weighted by atomic mass is 9.87. The molecule has 2 N–H and O–H groups in total. The number of sulfonamides is 1. The minimum Gasteiger partial charge on any atom is -0.387 e. The molecule has 0 radical (unpaired) electrons. The maximum Gasteiger partial charge on any atom is 0.240 e. The van der Waals surface area contributed by atoms with Gasteiger partial charge in [-0.15, -0.1) is 0 Å². The second-order valence-corrected chi connectivity index (χ2v) is 8.75. The Morgan fingerprint density at radius 2 is 1.82 bits per heavy atom. The topological polar surface area (TPSA) is 66.4 Å². The zero-order valence-electron chi connectivity index (χ0n) is 12.9. The first-order valence-corrected chi connectivity index (χ1v) is 9.43. The van der Waals surface area contributed by atoms with Gasteiger partial charge < -0.3 is 5.11 Å². The zero-order valence-corrected chi connectivity index (χ0v) is 14.5. The van der Waals surface area contributed by atoms with Crippen molar-refractivity contribution in [3.63, 3.8) is 0 Å². The molecule has 0 bridgehead atoms. The minimum absolute atomic E-state index is 0.0230. The molecule has 0 amide bonds. The molecule has 120 valence electrons. The molecule has 1 aromatic carbocycles. The van der Waals surface area contributed by atoms with Gasteiger partial charge in [0.1, 0.15) is 0 Å². The SMILES string of the molecule is CC(C)(C)c1ccc(S(=O)(=O)NCC(O)c2ccsc2)cc1. The van der Waals surface area contributed by atoms with Crippen LogP contribution in [-0.4, -0.2) is 20.1 Å². The van der Waals surface area contributed by atoms with E-state index in [0.717, 1.165) is 11.1 Å². The Labute approximate surface area is 135 Å². The fourth-order valence-electron chi connectivity index (χ4n) is 1.99. The second-order valence-electron chi connectivity index (χ2n) is 6.20. The van der Waals surface area contributed by atoms with Crippen LogP contribution in [0.5, 0.6) is 0 Å². The van der Waals surface area contributed by atoms with Crippen molar-refractivity contribution < 1.29 is 13.5 Å². The fourth-order valence-corrected chi connectivity index (χ4v) is 3.73. The van der Waals surface area contributed by atoms with Crippen LogP contribution in [-0.2, 0) is 15.4 Å². The van der Waals surface area contributed by atoms with Crippen molar-refractivity contribution in [2.75, 3.05) is 6.54 Å². The Balaban J connectivity index is 2.07. The highest BCUT2D eigenvalue weighted by atomic mass is 32.2. The maximum absolute atomic E-state index is 12.2. The third-order valence-electron chi connectivity index (χ3n) is 3.43. The Morgan fingerprint density at radius 1 is 1.18 bits per heavy atom. The van der Waals surface area contributed by atoms with E-state index in [2.05, 4.69) is 25.5 Å². The van der Waals surface area contributed by atoms with Crippen LogP contribution in [0.15, 0.2) is 46.0 Å². The average molecular weight is 339 g/mol. The number of rotatable bonds is 5. The number of aliphatic hydroxyl groups is 1. The molecule has 0 aliphatic heterocycles. The normalized spacial score (nSPS) is 14.0.